The van der Waals surface area contributed by atoms with E-state index in [0.29, 0.717) is 17.1 Å². The molecule has 0 saturated carbocycles. The number of hydrogen-bond acceptors (Lipinski definition) is 3. The Morgan fingerprint density at radius 2 is 2.00 bits per heavy atom. The van der Waals surface area contributed by atoms with Gasteiger partial charge < -0.3 is 5.32 Å². The molecule has 126 valence electrons. The van der Waals surface area contributed by atoms with Crippen molar-refractivity contribution in [2.75, 3.05) is 5.32 Å². The average molecular weight is 418 g/mol. The van der Waals surface area contributed by atoms with Crippen LogP contribution in [-0.2, 0) is 11.5 Å². The van der Waals surface area contributed by atoms with Gasteiger partial charge in [-0.05, 0) is 42.5 Å². The van der Waals surface area contributed by atoms with Crippen LogP contribution in [0.5, 0.6) is 0 Å². The summed E-state index contributed by atoms with van der Waals surface area (Å²) < 4.78 is 15.7. The van der Waals surface area contributed by atoms with Gasteiger partial charge in [-0.2, -0.15) is 16.9 Å². The Bertz CT molecular complexity index is 955. The number of halogens is 2. The molecular weight excluding hydrogens is 405 g/mol. The second-order valence-electron chi connectivity index (χ2n) is 5.62. The first-order chi connectivity index (χ1) is 12.1. The molecule has 1 aliphatic rings. The van der Waals surface area contributed by atoms with E-state index in [0.717, 1.165) is 27.2 Å². The summed E-state index contributed by atoms with van der Waals surface area (Å²) in [6, 6.07) is 13.3. The Balaban J connectivity index is 1.73. The maximum absolute atomic E-state index is 13.2. The van der Waals surface area contributed by atoms with Gasteiger partial charge in [-0.3, -0.25) is 4.79 Å². The summed E-state index contributed by atoms with van der Waals surface area (Å²) in [5.41, 5.74) is 3.25. The van der Waals surface area contributed by atoms with Crippen molar-refractivity contribution in [1.29, 1.82) is 0 Å². The minimum atomic E-state index is -0.307. The molecule has 1 aliphatic heterocycles. The van der Waals surface area contributed by atoms with Gasteiger partial charge >= 0.3 is 0 Å². The zero-order valence-corrected chi connectivity index (χ0v) is 15.4. The molecule has 0 aliphatic carbocycles. The highest BCUT2D eigenvalue weighted by atomic mass is 79.9. The third kappa shape index (κ3) is 3.21. The normalized spacial score (nSPS) is 12.9. The van der Waals surface area contributed by atoms with Crippen molar-refractivity contribution >= 4 is 39.4 Å². The number of carbonyl (C=O) groups excluding carboxylic acids is 1. The van der Waals surface area contributed by atoms with E-state index in [1.54, 1.807) is 40.7 Å². The lowest BCUT2D eigenvalue weighted by atomic mass is 10.2. The Kier molecular flexibility index (Phi) is 4.35. The smallest absolute Gasteiger partial charge is 0.256 e. The van der Waals surface area contributed by atoms with Crippen molar-refractivity contribution in [3.63, 3.8) is 0 Å². The molecule has 25 heavy (non-hydrogen) atoms. The van der Waals surface area contributed by atoms with Crippen molar-refractivity contribution in [3.05, 3.63) is 75.6 Å². The van der Waals surface area contributed by atoms with E-state index in [1.807, 2.05) is 12.1 Å². The largest absolute Gasteiger partial charge is 0.306 e. The minimum absolute atomic E-state index is 0.204. The summed E-state index contributed by atoms with van der Waals surface area (Å²) in [7, 11) is 0. The van der Waals surface area contributed by atoms with E-state index in [4.69, 9.17) is 0 Å². The Morgan fingerprint density at radius 1 is 1.20 bits per heavy atom. The molecule has 0 unspecified atom stereocenters. The number of carbonyl (C=O) groups is 1. The third-order valence-corrected chi connectivity index (χ3v) is 5.41. The quantitative estimate of drug-likeness (QED) is 0.667. The van der Waals surface area contributed by atoms with Gasteiger partial charge in [0.1, 0.15) is 11.6 Å². The van der Waals surface area contributed by atoms with Crippen molar-refractivity contribution < 1.29 is 9.18 Å². The van der Waals surface area contributed by atoms with Crippen LogP contribution in [0.4, 0.5) is 10.2 Å². The molecule has 1 N–H and O–H groups in total. The average Bonchev–Trinajstić information content (AvgIpc) is 3.18. The highest BCUT2D eigenvalue weighted by Crippen LogP contribution is 2.36. The fourth-order valence-electron chi connectivity index (χ4n) is 2.72. The summed E-state index contributed by atoms with van der Waals surface area (Å²) in [5, 5.41) is 7.59. The highest BCUT2D eigenvalue weighted by molar-refractivity contribution is 9.10. The summed E-state index contributed by atoms with van der Waals surface area (Å²) >= 11 is 5.14. The van der Waals surface area contributed by atoms with Gasteiger partial charge in [-0.15, -0.1) is 0 Å². The van der Waals surface area contributed by atoms with Crippen molar-refractivity contribution in [2.45, 2.75) is 11.5 Å². The molecule has 0 saturated heterocycles. The SMILES string of the molecule is O=C(Nc1c2c(nn1-c1ccc(F)cc1)CSC2)c1cccc(Br)c1. The third-order valence-electron chi connectivity index (χ3n) is 3.94. The molecule has 0 spiro atoms. The fraction of sp³-hybridized carbons (Fsp3) is 0.111. The second kappa shape index (κ2) is 6.65. The zero-order chi connectivity index (χ0) is 17.4. The Morgan fingerprint density at radius 3 is 2.76 bits per heavy atom. The van der Waals surface area contributed by atoms with Gasteiger partial charge in [0.2, 0.25) is 0 Å². The first-order valence-corrected chi connectivity index (χ1v) is 9.58. The monoisotopic (exact) mass is 417 g/mol. The van der Waals surface area contributed by atoms with Gasteiger partial charge in [0.05, 0.1) is 11.4 Å². The molecule has 4 nitrogen and oxygen atoms in total. The maximum Gasteiger partial charge on any atom is 0.256 e. The topological polar surface area (TPSA) is 46.9 Å². The van der Waals surface area contributed by atoms with Crippen LogP contribution in [0.1, 0.15) is 21.6 Å². The number of aromatic nitrogens is 2. The zero-order valence-electron chi connectivity index (χ0n) is 13.0. The van der Waals surface area contributed by atoms with Crippen LogP contribution in [0.15, 0.2) is 53.0 Å². The molecule has 2 heterocycles. The molecular formula is C18H13BrFN3OS. The van der Waals surface area contributed by atoms with Crippen LogP contribution in [-0.4, -0.2) is 15.7 Å². The standard InChI is InChI=1S/C18H13BrFN3OS/c19-12-3-1-2-11(8-12)18(24)21-17-15-9-25-10-16(15)22-23(17)14-6-4-13(20)5-7-14/h1-8H,9-10H2,(H,21,24). The summed E-state index contributed by atoms with van der Waals surface area (Å²) in [6.07, 6.45) is 0. The molecule has 4 rings (SSSR count). The summed E-state index contributed by atoms with van der Waals surface area (Å²) in [5.74, 6) is 1.74. The number of nitrogens with zero attached hydrogens (tertiary/aromatic N) is 2. The van der Waals surface area contributed by atoms with Crippen LogP contribution < -0.4 is 5.32 Å². The Hall–Kier alpha value is -2.12. The van der Waals surface area contributed by atoms with E-state index in [1.165, 1.54) is 12.1 Å². The van der Waals surface area contributed by atoms with Crippen molar-refractivity contribution in [1.82, 2.24) is 9.78 Å². The van der Waals surface area contributed by atoms with Crippen molar-refractivity contribution in [3.8, 4) is 5.69 Å². The lowest BCUT2D eigenvalue weighted by molar-refractivity contribution is 0.102. The van der Waals surface area contributed by atoms with E-state index in [9.17, 15) is 9.18 Å². The van der Waals surface area contributed by atoms with E-state index in [-0.39, 0.29) is 11.7 Å². The van der Waals surface area contributed by atoms with Crippen LogP contribution >= 0.6 is 27.7 Å². The van der Waals surface area contributed by atoms with Crippen LogP contribution in [0.25, 0.3) is 5.69 Å². The predicted molar refractivity (Wildman–Crippen MR) is 101 cm³/mol. The molecule has 0 atom stereocenters. The molecule has 2 aromatic carbocycles. The molecule has 1 aromatic heterocycles. The summed E-state index contributed by atoms with van der Waals surface area (Å²) in [6.45, 7) is 0. The fourth-order valence-corrected chi connectivity index (χ4v) is 4.15. The van der Waals surface area contributed by atoms with E-state index >= 15 is 0 Å². The lowest BCUT2D eigenvalue weighted by Gasteiger charge is -2.11. The molecule has 0 fully saturated rings. The van der Waals surface area contributed by atoms with Gasteiger partial charge in [0, 0.05) is 27.1 Å². The number of thioether (sulfide) groups is 1. The number of anilines is 1. The number of fused-ring (bicyclic) bond motifs is 1. The van der Waals surface area contributed by atoms with Gasteiger partial charge in [0.25, 0.3) is 5.91 Å². The van der Waals surface area contributed by atoms with Gasteiger partial charge in [-0.1, -0.05) is 22.0 Å². The highest BCUT2D eigenvalue weighted by Gasteiger charge is 2.25. The van der Waals surface area contributed by atoms with Crippen molar-refractivity contribution in [2.24, 2.45) is 0 Å². The maximum atomic E-state index is 13.2. The first-order valence-electron chi connectivity index (χ1n) is 7.63. The van der Waals surface area contributed by atoms with Crippen LogP contribution in [0.3, 0.4) is 0 Å². The lowest BCUT2D eigenvalue weighted by Crippen LogP contribution is -2.16. The predicted octanol–water partition coefficient (Wildman–Crippen LogP) is 4.77. The summed E-state index contributed by atoms with van der Waals surface area (Å²) in [4.78, 5) is 12.7. The molecule has 3 aromatic rings. The second-order valence-corrected chi connectivity index (χ2v) is 7.52. The number of rotatable bonds is 3. The van der Waals surface area contributed by atoms with E-state index in [2.05, 4.69) is 26.3 Å². The van der Waals surface area contributed by atoms with Gasteiger partial charge in [-0.25, -0.2) is 9.07 Å². The van der Waals surface area contributed by atoms with Crippen LogP contribution in [0, 0.1) is 5.82 Å². The molecule has 0 radical (unpaired) electrons. The van der Waals surface area contributed by atoms with Gasteiger partial charge in [0.15, 0.2) is 0 Å². The minimum Gasteiger partial charge on any atom is -0.306 e. The Labute approximate surface area is 156 Å². The molecule has 1 amide bonds. The molecule has 0 bridgehead atoms. The number of hydrogen-bond donors (Lipinski definition) is 1. The number of nitrogens with one attached hydrogen (secondary N) is 1. The number of amides is 1. The molecule has 7 heteroatoms. The van der Waals surface area contributed by atoms with Crippen LogP contribution in [0.2, 0.25) is 0 Å². The van der Waals surface area contributed by atoms with E-state index < -0.39 is 0 Å². The first kappa shape index (κ1) is 16.4. The number of benzene rings is 2.